The van der Waals surface area contributed by atoms with Gasteiger partial charge in [0.25, 0.3) is 0 Å². The highest BCUT2D eigenvalue weighted by Crippen LogP contribution is 2.26. The molecule has 0 fully saturated rings. The summed E-state index contributed by atoms with van der Waals surface area (Å²) in [5.74, 6) is -2.58. The number of carbonyl (C=O) groups is 4. The van der Waals surface area contributed by atoms with Gasteiger partial charge in [-0.15, -0.1) is 0 Å². The zero-order valence-corrected chi connectivity index (χ0v) is 28.0. The molecule has 0 saturated carbocycles. The lowest BCUT2D eigenvalue weighted by Crippen LogP contribution is -2.43. The van der Waals surface area contributed by atoms with Crippen molar-refractivity contribution < 1.29 is 38.1 Å². The van der Waals surface area contributed by atoms with Crippen LogP contribution in [0.2, 0.25) is 0 Å². The van der Waals surface area contributed by atoms with Gasteiger partial charge < -0.3 is 18.9 Å². The van der Waals surface area contributed by atoms with Crippen LogP contribution in [-0.2, 0) is 38.1 Å². The molecule has 0 aliphatic heterocycles. The van der Waals surface area contributed by atoms with Crippen molar-refractivity contribution in [3.63, 3.8) is 0 Å². The minimum atomic E-state index is -1.41. The number of ether oxygens (including phenoxy) is 4. The largest absolute Gasteiger partial charge is 0.464 e. The number of alkyl halides is 2. The Kier molecular flexibility index (Phi) is 25.9. The number of esters is 4. The second kappa shape index (κ2) is 26.7. The van der Waals surface area contributed by atoms with Crippen LogP contribution in [0.5, 0.6) is 0 Å². The quantitative estimate of drug-likeness (QED) is 0.0374. The standard InChI is InChI=1S/C30H52Br2O8/c1-3-5-6-7-8-9-10-11-12-13-14-15-16-17-18-19-20-37-28(35)23-38-29(36)30(4-2,24-39-26(33)21-31)25-40-27(34)22-32/h3-25H2,1-2H3. The summed E-state index contributed by atoms with van der Waals surface area (Å²) in [5.41, 5.74) is -1.41. The summed E-state index contributed by atoms with van der Waals surface area (Å²) in [4.78, 5) is 48.0. The molecule has 0 spiro atoms. The molecule has 0 aromatic carbocycles. The smallest absolute Gasteiger partial charge is 0.344 e. The van der Waals surface area contributed by atoms with E-state index in [1.54, 1.807) is 6.92 Å². The Labute approximate surface area is 258 Å². The van der Waals surface area contributed by atoms with Crippen LogP contribution in [0, 0.1) is 5.41 Å². The second-order valence-corrected chi connectivity index (χ2v) is 11.4. The van der Waals surface area contributed by atoms with E-state index in [1.807, 2.05) is 0 Å². The summed E-state index contributed by atoms with van der Waals surface area (Å²) in [5, 5.41) is -0.0938. The molecule has 234 valence electrons. The van der Waals surface area contributed by atoms with E-state index in [2.05, 4.69) is 38.8 Å². The molecule has 10 heteroatoms. The highest BCUT2D eigenvalue weighted by molar-refractivity contribution is 9.09. The molecular formula is C30H52Br2O8. The molecule has 0 aromatic rings. The molecule has 0 heterocycles. The van der Waals surface area contributed by atoms with Gasteiger partial charge in [-0.3, -0.25) is 14.4 Å². The number of hydrogen-bond donors (Lipinski definition) is 0. The first kappa shape index (κ1) is 38.8. The van der Waals surface area contributed by atoms with Crippen molar-refractivity contribution in [2.45, 2.75) is 123 Å². The van der Waals surface area contributed by atoms with Gasteiger partial charge >= 0.3 is 23.9 Å². The fourth-order valence-corrected chi connectivity index (χ4v) is 4.50. The van der Waals surface area contributed by atoms with E-state index in [4.69, 9.17) is 18.9 Å². The van der Waals surface area contributed by atoms with E-state index >= 15 is 0 Å². The molecule has 0 saturated heterocycles. The molecule has 0 aromatic heterocycles. The van der Waals surface area contributed by atoms with Crippen molar-refractivity contribution in [2.75, 3.05) is 37.1 Å². The minimum absolute atomic E-state index is 0.0469. The molecule has 0 aliphatic carbocycles. The maximum Gasteiger partial charge on any atom is 0.344 e. The Morgan fingerprint density at radius 1 is 0.525 bits per heavy atom. The molecule has 0 radical (unpaired) electrons. The predicted octanol–water partition coefficient (Wildman–Crippen LogP) is 7.61. The van der Waals surface area contributed by atoms with Crippen molar-refractivity contribution in [3.8, 4) is 0 Å². The van der Waals surface area contributed by atoms with Crippen molar-refractivity contribution in [2.24, 2.45) is 5.41 Å². The highest BCUT2D eigenvalue weighted by Gasteiger charge is 2.42. The van der Waals surface area contributed by atoms with Gasteiger partial charge in [0.1, 0.15) is 29.3 Å². The number of unbranched alkanes of at least 4 members (excludes halogenated alkanes) is 15. The summed E-state index contributed by atoms with van der Waals surface area (Å²) in [6.45, 7) is 2.99. The summed E-state index contributed by atoms with van der Waals surface area (Å²) < 4.78 is 20.6. The Bertz CT molecular complexity index is 667. The first-order chi connectivity index (χ1) is 19.3. The number of halogens is 2. The van der Waals surface area contributed by atoms with E-state index in [0.717, 1.165) is 19.3 Å². The van der Waals surface area contributed by atoms with Gasteiger partial charge in [0.2, 0.25) is 0 Å². The van der Waals surface area contributed by atoms with Crippen LogP contribution in [-0.4, -0.2) is 61.0 Å². The summed E-state index contributed by atoms with van der Waals surface area (Å²) in [6.07, 6.45) is 20.5. The molecule has 0 bridgehead atoms. The molecule has 0 N–H and O–H groups in total. The van der Waals surface area contributed by atoms with Crippen LogP contribution in [0.25, 0.3) is 0 Å². The van der Waals surface area contributed by atoms with Crippen LogP contribution in [0.3, 0.4) is 0 Å². The fourth-order valence-electron chi connectivity index (χ4n) is 4.18. The third-order valence-corrected chi connectivity index (χ3v) is 7.84. The molecule has 0 rings (SSSR count). The van der Waals surface area contributed by atoms with Crippen molar-refractivity contribution in [3.05, 3.63) is 0 Å². The van der Waals surface area contributed by atoms with Gasteiger partial charge in [0.05, 0.1) is 6.61 Å². The van der Waals surface area contributed by atoms with Gasteiger partial charge in [-0.25, -0.2) is 4.79 Å². The van der Waals surface area contributed by atoms with E-state index in [-0.39, 0.29) is 36.9 Å². The lowest BCUT2D eigenvalue weighted by atomic mass is 9.87. The average Bonchev–Trinajstić information content (AvgIpc) is 2.97. The van der Waals surface area contributed by atoms with Gasteiger partial charge in [0, 0.05) is 0 Å². The third kappa shape index (κ3) is 20.7. The summed E-state index contributed by atoms with van der Waals surface area (Å²) >= 11 is 5.98. The van der Waals surface area contributed by atoms with Crippen LogP contribution >= 0.6 is 31.9 Å². The number of carbonyl (C=O) groups excluding carboxylic acids is 4. The zero-order chi connectivity index (χ0) is 29.9. The van der Waals surface area contributed by atoms with Crippen LogP contribution in [0.4, 0.5) is 0 Å². The highest BCUT2D eigenvalue weighted by atomic mass is 79.9. The fraction of sp³-hybridized carbons (Fsp3) is 0.867. The Balaban J connectivity index is 3.99. The topological polar surface area (TPSA) is 105 Å². The number of rotatable bonds is 27. The lowest BCUT2D eigenvalue weighted by molar-refractivity contribution is -0.176. The van der Waals surface area contributed by atoms with Gasteiger partial charge in [-0.2, -0.15) is 0 Å². The van der Waals surface area contributed by atoms with E-state index in [9.17, 15) is 19.2 Å². The first-order valence-corrected chi connectivity index (χ1v) is 17.4. The Morgan fingerprint density at radius 3 is 1.30 bits per heavy atom. The molecule has 0 atom stereocenters. The first-order valence-electron chi connectivity index (χ1n) is 15.1. The van der Waals surface area contributed by atoms with Gasteiger partial charge in [-0.05, 0) is 12.8 Å². The van der Waals surface area contributed by atoms with E-state index < -0.39 is 35.9 Å². The van der Waals surface area contributed by atoms with Gasteiger partial charge in [-0.1, -0.05) is 142 Å². The molecule has 8 nitrogen and oxygen atoms in total. The molecular weight excluding hydrogens is 648 g/mol. The van der Waals surface area contributed by atoms with Crippen molar-refractivity contribution >= 4 is 55.7 Å². The van der Waals surface area contributed by atoms with E-state index in [0.29, 0.717) is 0 Å². The molecule has 40 heavy (non-hydrogen) atoms. The van der Waals surface area contributed by atoms with Crippen molar-refractivity contribution in [1.82, 2.24) is 0 Å². The van der Waals surface area contributed by atoms with Crippen LogP contribution < -0.4 is 0 Å². The SMILES string of the molecule is CCCCCCCCCCCCCCCCCCOC(=O)COC(=O)C(CC)(COC(=O)CBr)COC(=O)CBr. The summed E-state index contributed by atoms with van der Waals surface area (Å²) in [7, 11) is 0. The van der Waals surface area contributed by atoms with Gasteiger partial charge in [0.15, 0.2) is 6.61 Å². The monoisotopic (exact) mass is 698 g/mol. The normalized spacial score (nSPS) is 11.2. The maximum absolute atomic E-state index is 12.8. The lowest BCUT2D eigenvalue weighted by Gasteiger charge is -2.29. The minimum Gasteiger partial charge on any atom is -0.464 e. The molecule has 0 unspecified atom stereocenters. The average molecular weight is 701 g/mol. The third-order valence-electron chi connectivity index (χ3n) is 6.93. The van der Waals surface area contributed by atoms with E-state index in [1.165, 1.54) is 83.5 Å². The van der Waals surface area contributed by atoms with Crippen LogP contribution in [0.15, 0.2) is 0 Å². The molecule has 0 amide bonds. The second-order valence-electron chi connectivity index (χ2n) is 10.3. The zero-order valence-electron chi connectivity index (χ0n) is 24.8. The molecule has 0 aliphatic rings. The Morgan fingerprint density at radius 2 is 0.925 bits per heavy atom. The summed E-state index contributed by atoms with van der Waals surface area (Å²) in [6, 6.07) is 0. The predicted molar refractivity (Wildman–Crippen MR) is 164 cm³/mol. The van der Waals surface area contributed by atoms with Crippen LogP contribution in [0.1, 0.15) is 123 Å². The maximum atomic E-state index is 12.8. The Hall–Kier alpha value is -1.16. The number of hydrogen-bond acceptors (Lipinski definition) is 8. The van der Waals surface area contributed by atoms with Crippen molar-refractivity contribution in [1.29, 1.82) is 0 Å².